The molecule has 144 valence electrons. The molecule has 2 N–H and O–H groups in total. The summed E-state index contributed by atoms with van der Waals surface area (Å²) in [5, 5.41) is 11.8. The first-order valence-corrected chi connectivity index (χ1v) is 8.62. The van der Waals surface area contributed by atoms with Crippen molar-refractivity contribution in [2.24, 2.45) is 0 Å². The molecule has 0 bridgehead atoms. The highest BCUT2D eigenvalue weighted by Crippen LogP contribution is 2.20. The molecule has 27 heavy (non-hydrogen) atoms. The first-order chi connectivity index (χ1) is 13.1. The molecule has 0 unspecified atom stereocenters. The van der Waals surface area contributed by atoms with E-state index < -0.39 is 11.8 Å². The average molecular weight is 375 g/mol. The summed E-state index contributed by atoms with van der Waals surface area (Å²) in [5.41, 5.74) is 0.740. The molecule has 0 saturated carbocycles. The van der Waals surface area contributed by atoms with Gasteiger partial charge in [-0.25, -0.2) is 0 Å². The van der Waals surface area contributed by atoms with E-state index in [2.05, 4.69) is 5.32 Å². The minimum Gasteiger partial charge on any atom is -0.484 e. The molecule has 0 atom stereocenters. The number of morpholine rings is 1. The van der Waals surface area contributed by atoms with E-state index in [0.29, 0.717) is 37.7 Å². The second kappa shape index (κ2) is 8.65. The molecule has 9 nitrogen and oxygen atoms in total. The van der Waals surface area contributed by atoms with Crippen LogP contribution in [0.25, 0.3) is 0 Å². The Morgan fingerprint density at radius 1 is 1.19 bits per heavy atom. The molecular weight excluding hydrogens is 354 g/mol. The second-order valence-corrected chi connectivity index (χ2v) is 6.01. The molecule has 1 fully saturated rings. The molecule has 1 aromatic rings. The highest BCUT2D eigenvalue weighted by atomic mass is 16.5. The molecule has 0 spiro atoms. The molecule has 3 rings (SSSR count). The van der Waals surface area contributed by atoms with E-state index in [0.717, 1.165) is 4.90 Å². The number of carbonyl (C=O) groups excluding carboxylic acids is 3. The summed E-state index contributed by atoms with van der Waals surface area (Å²) < 4.78 is 10.7. The number of benzene rings is 1. The lowest BCUT2D eigenvalue weighted by Gasteiger charge is -2.26. The van der Waals surface area contributed by atoms with Crippen LogP contribution in [0, 0.1) is 0 Å². The van der Waals surface area contributed by atoms with Gasteiger partial charge in [-0.3, -0.25) is 19.3 Å². The maximum absolute atomic E-state index is 12.1. The first-order valence-electron chi connectivity index (χ1n) is 8.62. The Bertz CT molecular complexity index is 740. The fourth-order valence-electron chi connectivity index (χ4n) is 2.75. The van der Waals surface area contributed by atoms with Crippen molar-refractivity contribution in [3.05, 3.63) is 36.0 Å². The number of hydrogen-bond donors (Lipinski definition) is 2. The molecule has 9 heteroatoms. The molecule has 0 aliphatic carbocycles. The van der Waals surface area contributed by atoms with Crippen LogP contribution >= 0.6 is 0 Å². The molecule has 1 saturated heterocycles. The van der Waals surface area contributed by atoms with Gasteiger partial charge in [-0.15, -0.1) is 0 Å². The van der Waals surface area contributed by atoms with E-state index in [1.54, 1.807) is 29.2 Å². The molecule has 2 aliphatic heterocycles. The lowest BCUT2D eigenvalue weighted by molar-refractivity contribution is -0.138. The number of carbonyl (C=O) groups is 3. The zero-order valence-electron chi connectivity index (χ0n) is 14.7. The smallest absolute Gasteiger partial charge is 0.277 e. The lowest BCUT2D eigenvalue weighted by atomic mass is 10.3. The quantitative estimate of drug-likeness (QED) is 0.623. The maximum atomic E-state index is 12.1. The number of β-amino-alcohol motifs (C(OH)–C–C–N with tert-alkyl or cyclic N) is 1. The van der Waals surface area contributed by atoms with Gasteiger partial charge in [-0.2, -0.15) is 0 Å². The number of imide groups is 1. The van der Waals surface area contributed by atoms with Crippen molar-refractivity contribution >= 4 is 23.4 Å². The number of ether oxygens (including phenoxy) is 2. The molecule has 0 aromatic heterocycles. The normalized spacial score (nSPS) is 17.1. The lowest BCUT2D eigenvalue weighted by Crippen LogP contribution is -2.42. The first kappa shape index (κ1) is 18.9. The SMILES string of the molecule is O=C(COc1ccc(NC2=CC(=O)N(CCO)C2=O)cc1)N1CCOCC1. The Labute approximate surface area is 156 Å². The number of aliphatic hydroxyl groups excluding tert-OH is 1. The predicted molar refractivity (Wildman–Crippen MR) is 94.8 cm³/mol. The van der Waals surface area contributed by atoms with Crippen molar-refractivity contribution < 1.29 is 29.0 Å². The van der Waals surface area contributed by atoms with Crippen LogP contribution in [0.3, 0.4) is 0 Å². The Balaban J connectivity index is 1.52. The fraction of sp³-hybridized carbons (Fsp3) is 0.389. The summed E-state index contributed by atoms with van der Waals surface area (Å²) in [4.78, 5) is 38.5. The Morgan fingerprint density at radius 2 is 1.89 bits per heavy atom. The third-order valence-electron chi connectivity index (χ3n) is 4.19. The number of amides is 3. The molecule has 2 aliphatic rings. The van der Waals surface area contributed by atoms with E-state index >= 15 is 0 Å². The van der Waals surface area contributed by atoms with Crippen LogP contribution in [0.15, 0.2) is 36.0 Å². The number of hydrogen-bond acceptors (Lipinski definition) is 7. The van der Waals surface area contributed by atoms with Gasteiger partial charge in [0.25, 0.3) is 17.7 Å². The van der Waals surface area contributed by atoms with Crippen molar-refractivity contribution in [3.63, 3.8) is 0 Å². The minimum atomic E-state index is -0.481. The Morgan fingerprint density at radius 3 is 2.56 bits per heavy atom. The summed E-state index contributed by atoms with van der Waals surface area (Å²) in [7, 11) is 0. The van der Waals surface area contributed by atoms with Crippen LogP contribution in [0.4, 0.5) is 5.69 Å². The van der Waals surface area contributed by atoms with Crippen LogP contribution in [-0.4, -0.2) is 78.7 Å². The van der Waals surface area contributed by atoms with Crippen LogP contribution in [-0.2, 0) is 19.1 Å². The van der Waals surface area contributed by atoms with Gasteiger partial charge in [0, 0.05) is 24.9 Å². The summed E-state index contributed by atoms with van der Waals surface area (Å²) in [6.07, 6.45) is 1.20. The van der Waals surface area contributed by atoms with Crippen LogP contribution in [0.2, 0.25) is 0 Å². The van der Waals surface area contributed by atoms with Gasteiger partial charge in [-0.1, -0.05) is 0 Å². The van der Waals surface area contributed by atoms with Crippen molar-refractivity contribution in [2.75, 3.05) is 51.4 Å². The van der Waals surface area contributed by atoms with Gasteiger partial charge in [0.15, 0.2) is 6.61 Å². The van der Waals surface area contributed by atoms with Crippen LogP contribution in [0.5, 0.6) is 5.75 Å². The number of anilines is 1. The van der Waals surface area contributed by atoms with E-state index in [9.17, 15) is 14.4 Å². The standard InChI is InChI=1S/C18H21N3O6/c22-8-5-21-16(23)11-15(18(21)25)19-13-1-3-14(4-2-13)27-12-17(24)20-6-9-26-10-7-20/h1-4,11,19,22H,5-10,12H2. The highest BCUT2D eigenvalue weighted by molar-refractivity contribution is 6.17. The Hall–Kier alpha value is -2.91. The number of nitrogens with zero attached hydrogens (tertiary/aromatic N) is 2. The van der Waals surface area contributed by atoms with Crippen molar-refractivity contribution in [3.8, 4) is 5.75 Å². The molecule has 0 radical (unpaired) electrons. The maximum Gasteiger partial charge on any atom is 0.277 e. The topological polar surface area (TPSA) is 108 Å². The zero-order chi connectivity index (χ0) is 19.2. The monoisotopic (exact) mass is 375 g/mol. The largest absolute Gasteiger partial charge is 0.484 e. The van der Waals surface area contributed by atoms with E-state index in [4.69, 9.17) is 14.6 Å². The van der Waals surface area contributed by atoms with Gasteiger partial charge in [0.1, 0.15) is 11.4 Å². The van der Waals surface area contributed by atoms with Crippen molar-refractivity contribution in [1.29, 1.82) is 0 Å². The molecular formula is C18H21N3O6. The third-order valence-corrected chi connectivity index (χ3v) is 4.19. The van der Waals surface area contributed by atoms with Gasteiger partial charge in [0.2, 0.25) is 0 Å². The zero-order valence-corrected chi connectivity index (χ0v) is 14.7. The summed E-state index contributed by atoms with van der Waals surface area (Å²) in [5.74, 6) is -0.514. The van der Waals surface area contributed by atoms with Crippen LogP contribution in [0.1, 0.15) is 0 Å². The predicted octanol–water partition coefficient (Wildman–Crippen LogP) is -0.419. The summed E-state index contributed by atoms with van der Waals surface area (Å²) >= 11 is 0. The summed E-state index contributed by atoms with van der Waals surface area (Å²) in [6, 6.07) is 6.70. The van der Waals surface area contributed by atoms with Gasteiger partial charge in [-0.05, 0) is 24.3 Å². The Kier molecular flexibility index (Phi) is 6.05. The van der Waals surface area contributed by atoms with Gasteiger partial charge >= 0.3 is 0 Å². The molecule has 3 amide bonds. The second-order valence-electron chi connectivity index (χ2n) is 6.01. The summed E-state index contributed by atoms with van der Waals surface area (Å²) in [6.45, 7) is 1.84. The van der Waals surface area contributed by atoms with E-state index in [-0.39, 0.29) is 31.4 Å². The number of rotatable bonds is 7. The average Bonchev–Trinajstić information content (AvgIpc) is 2.95. The van der Waals surface area contributed by atoms with E-state index in [1.807, 2.05) is 0 Å². The number of nitrogens with one attached hydrogen (secondary N) is 1. The molecule has 2 heterocycles. The van der Waals surface area contributed by atoms with Crippen LogP contribution < -0.4 is 10.1 Å². The van der Waals surface area contributed by atoms with Crippen molar-refractivity contribution in [2.45, 2.75) is 0 Å². The highest BCUT2D eigenvalue weighted by Gasteiger charge is 2.30. The third kappa shape index (κ3) is 4.63. The number of aliphatic hydroxyl groups is 1. The minimum absolute atomic E-state index is 0.0384. The van der Waals surface area contributed by atoms with Gasteiger partial charge in [0.05, 0.1) is 26.4 Å². The van der Waals surface area contributed by atoms with Gasteiger partial charge < -0.3 is 24.8 Å². The van der Waals surface area contributed by atoms with Crippen molar-refractivity contribution in [1.82, 2.24) is 9.80 Å². The molecule has 1 aromatic carbocycles. The fourth-order valence-corrected chi connectivity index (χ4v) is 2.75. The van der Waals surface area contributed by atoms with E-state index in [1.165, 1.54) is 6.08 Å².